The minimum absolute atomic E-state index is 0.123. The van der Waals surface area contributed by atoms with Gasteiger partial charge in [0.15, 0.2) is 0 Å². The highest BCUT2D eigenvalue weighted by atomic mass is 16.8. The van der Waals surface area contributed by atoms with Crippen molar-refractivity contribution in [2.75, 3.05) is 7.11 Å². The quantitative estimate of drug-likeness (QED) is 0.523. The minimum atomic E-state index is -0.507. The van der Waals surface area contributed by atoms with E-state index >= 15 is 0 Å². The van der Waals surface area contributed by atoms with Crippen molar-refractivity contribution in [1.82, 2.24) is 15.2 Å². The molecule has 0 saturated heterocycles. The lowest BCUT2D eigenvalue weighted by molar-refractivity contribution is 0.0587. The predicted molar refractivity (Wildman–Crippen MR) is 27.7 cm³/mol. The van der Waals surface area contributed by atoms with Crippen LogP contribution in [0.3, 0.4) is 0 Å². The molecule has 1 rings (SSSR count). The summed E-state index contributed by atoms with van der Waals surface area (Å²) in [5, 5.41) is 5.81. The van der Waals surface area contributed by atoms with Crippen LogP contribution in [0, 0.1) is 0 Å². The van der Waals surface area contributed by atoms with Crippen molar-refractivity contribution in [3.8, 4) is 0 Å². The molecule has 5 nitrogen and oxygen atoms in total. The van der Waals surface area contributed by atoms with E-state index in [2.05, 4.69) is 19.9 Å². The third-order valence-electron chi connectivity index (χ3n) is 0.794. The highest BCUT2D eigenvalue weighted by molar-refractivity contribution is 5.84. The molecular weight excluding hydrogens is 124 g/mol. The number of hydrogen-bond donors (Lipinski definition) is 1. The van der Waals surface area contributed by atoms with Crippen molar-refractivity contribution in [1.29, 1.82) is 0 Å². The number of aromatic amines is 1. The van der Waals surface area contributed by atoms with Gasteiger partial charge in [-0.05, 0) is 0 Å². The van der Waals surface area contributed by atoms with Crippen molar-refractivity contribution in [2.45, 2.75) is 0 Å². The maximum Gasteiger partial charge on any atom is 0.375 e. The molecule has 0 amide bonds. The van der Waals surface area contributed by atoms with Crippen LogP contribution in [-0.4, -0.2) is 28.3 Å². The van der Waals surface area contributed by atoms with Crippen molar-refractivity contribution >= 4 is 5.97 Å². The average molecular weight is 129 g/mol. The van der Waals surface area contributed by atoms with Crippen molar-refractivity contribution in [3.63, 3.8) is 0 Å². The highest BCUT2D eigenvalue weighted by Crippen LogP contribution is 1.86. The number of nitrogens with one attached hydrogen (secondary N) is 1. The van der Waals surface area contributed by atoms with Crippen LogP contribution in [0.15, 0.2) is 6.33 Å². The summed E-state index contributed by atoms with van der Waals surface area (Å²) in [5.74, 6) is -0.384. The first-order valence-electron chi connectivity index (χ1n) is 2.28. The molecule has 0 aliphatic rings. The molecule has 0 aliphatic heterocycles. The van der Waals surface area contributed by atoms with Gasteiger partial charge in [0.05, 0.1) is 7.11 Å². The number of H-pyrrole nitrogens is 1. The predicted octanol–water partition coefficient (Wildman–Crippen LogP) is -0.409. The Labute approximate surface area is 51.1 Å². The fraction of sp³-hybridized carbons (Fsp3) is 0.250. The molecule has 0 atom stereocenters. The summed E-state index contributed by atoms with van der Waals surface area (Å²) in [6.45, 7) is 0. The van der Waals surface area contributed by atoms with Gasteiger partial charge in [-0.1, -0.05) is 0 Å². The zero-order chi connectivity index (χ0) is 6.69. The topological polar surface area (TPSA) is 67.9 Å². The average Bonchev–Trinajstić information content (AvgIpc) is 2.37. The van der Waals surface area contributed by atoms with Gasteiger partial charge in [-0.15, -0.1) is 0 Å². The Hall–Kier alpha value is -1.39. The fourth-order valence-electron chi connectivity index (χ4n) is 0.401. The van der Waals surface area contributed by atoms with Gasteiger partial charge in [0.2, 0.25) is 5.82 Å². The van der Waals surface area contributed by atoms with E-state index in [0.717, 1.165) is 0 Å². The smallest absolute Gasteiger partial charge is 0.375 e. The maximum absolute atomic E-state index is 10.5. The monoisotopic (exact) mass is 129 g/mol. The fourth-order valence-corrected chi connectivity index (χ4v) is 0.401. The molecule has 1 heterocycles. The second kappa shape index (κ2) is 2.25. The van der Waals surface area contributed by atoms with Gasteiger partial charge >= 0.3 is 5.97 Å². The van der Waals surface area contributed by atoms with E-state index in [1.165, 1.54) is 13.4 Å². The third-order valence-corrected chi connectivity index (χ3v) is 0.794. The van der Waals surface area contributed by atoms with E-state index in [1.807, 2.05) is 0 Å². The number of rotatable bonds is 1. The Balaban J connectivity index is 2.77. The van der Waals surface area contributed by atoms with Gasteiger partial charge < -0.3 is 4.74 Å². The Morgan fingerprint density at radius 1 is 1.89 bits per heavy atom. The highest BCUT2D eigenvalue weighted by Gasteiger charge is 2.05. The Kier molecular flexibility index (Phi) is 1.44. The summed E-state index contributed by atoms with van der Waals surface area (Å²) in [6, 6.07) is 0. The SMILES string of the molecule is CO[14C](=O)c1ncn[nH]1. The summed E-state index contributed by atoms with van der Waals surface area (Å²) in [7, 11) is 1.28. The van der Waals surface area contributed by atoms with Gasteiger partial charge in [-0.2, -0.15) is 5.10 Å². The van der Waals surface area contributed by atoms with Gasteiger partial charge in [0.25, 0.3) is 0 Å². The normalized spacial score (nSPS) is 9.00. The summed E-state index contributed by atoms with van der Waals surface area (Å²) < 4.78 is 4.32. The summed E-state index contributed by atoms with van der Waals surface area (Å²) >= 11 is 0. The molecule has 1 aromatic heterocycles. The molecule has 0 aromatic carbocycles. The number of aromatic nitrogens is 3. The third kappa shape index (κ3) is 1.04. The van der Waals surface area contributed by atoms with Crippen LogP contribution in [0.25, 0.3) is 0 Å². The summed E-state index contributed by atoms with van der Waals surface area (Å²) in [4.78, 5) is 14.1. The van der Waals surface area contributed by atoms with E-state index in [4.69, 9.17) is 0 Å². The standard InChI is InChI=1S/C4H5N3O2/c1-9-4(8)3-5-2-6-7-3/h2H,1H3,(H,5,6,7)/i4+2. The van der Waals surface area contributed by atoms with E-state index in [0.29, 0.717) is 0 Å². The number of methoxy groups -OCH3 is 1. The number of carbonyl (C=O) groups is 1. The van der Waals surface area contributed by atoms with Crippen LogP contribution in [0.5, 0.6) is 0 Å². The first-order valence-corrected chi connectivity index (χ1v) is 2.28. The molecule has 0 saturated carbocycles. The van der Waals surface area contributed by atoms with Gasteiger partial charge in [-0.3, -0.25) is 5.10 Å². The number of hydrogen-bond acceptors (Lipinski definition) is 4. The van der Waals surface area contributed by atoms with Gasteiger partial charge in [0, 0.05) is 0 Å². The van der Waals surface area contributed by atoms with Crippen LogP contribution < -0.4 is 0 Å². The van der Waals surface area contributed by atoms with E-state index in [9.17, 15) is 4.79 Å². The molecule has 48 valence electrons. The first-order chi connectivity index (χ1) is 4.34. The number of nitrogens with zero attached hydrogens (tertiary/aromatic N) is 2. The summed E-state index contributed by atoms with van der Waals surface area (Å²) in [5.41, 5.74) is 0. The van der Waals surface area contributed by atoms with E-state index in [-0.39, 0.29) is 5.82 Å². The second-order valence-electron chi connectivity index (χ2n) is 1.33. The largest absolute Gasteiger partial charge is 0.463 e. The number of ether oxygens (including phenoxy) is 1. The van der Waals surface area contributed by atoms with Crippen LogP contribution >= 0.6 is 0 Å². The van der Waals surface area contributed by atoms with Crippen LogP contribution in [0.2, 0.25) is 0 Å². The van der Waals surface area contributed by atoms with Crippen molar-refractivity contribution in [2.24, 2.45) is 0 Å². The molecule has 1 N–H and O–H groups in total. The molecule has 0 bridgehead atoms. The van der Waals surface area contributed by atoms with Crippen LogP contribution in [0.4, 0.5) is 0 Å². The molecular formula is C4H5N3O2. The van der Waals surface area contributed by atoms with Crippen LogP contribution in [-0.2, 0) is 4.74 Å². The zero-order valence-corrected chi connectivity index (χ0v) is 4.79. The molecule has 5 heteroatoms. The number of carbonyl (C=O) groups excluding carboxylic acids is 1. The lowest BCUT2D eigenvalue weighted by Gasteiger charge is -1.88. The maximum atomic E-state index is 10.5. The molecule has 1 aromatic rings. The van der Waals surface area contributed by atoms with Gasteiger partial charge in [0.1, 0.15) is 6.33 Å². The van der Waals surface area contributed by atoms with E-state index in [1.54, 1.807) is 0 Å². The van der Waals surface area contributed by atoms with Crippen LogP contribution in [0.1, 0.15) is 10.6 Å². The zero-order valence-electron chi connectivity index (χ0n) is 4.79. The molecule has 0 fully saturated rings. The number of esters is 1. The lowest BCUT2D eigenvalue weighted by Crippen LogP contribution is -2.02. The molecule has 0 radical (unpaired) electrons. The first kappa shape index (κ1) is 5.74. The molecule has 0 spiro atoms. The molecule has 9 heavy (non-hydrogen) atoms. The lowest BCUT2D eigenvalue weighted by atomic mass is 11.1. The summed E-state index contributed by atoms with van der Waals surface area (Å²) in [6.07, 6.45) is 1.24. The van der Waals surface area contributed by atoms with Crippen molar-refractivity contribution in [3.05, 3.63) is 12.2 Å². The minimum Gasteiger partial charge on any atom is -0.463 e. The second-order valence-corrected chi connectivity index (χ2v) is 1.33. The Bertz CT molecular complexity index is 194. The molecule has 0 aliphatic carbocycles. The van der Waals surface area contributed by atoms with Gasteiger partial charge in [-0.25, -0.2) is 9.78 Å². The Morgan fingerprint density at radius 2 is 2.67 bits per heavy atom. The van der Waals surface area contributed by atoms with E-state index < -0.39 is 5.97 Å². The van der Waals surface area contributed by atoms with Crippen molar-refractivity contribution < 1.29 is 9.53 Å². The molecule has 0 unspecified atom stereocenters. The Morgan fingerprint density at radius 3 is 3.11 bits per heavy atom.